The topological polar surface area (TPSA) is 63.8 Å². The summed E-state index contributed by atoms with van der Waals surface area (Å²) in [4.78, 5) is 17.4. The Hall–Kier alpha value is -1.92. The van der Waals surface area contributed by atoms with Crippen LogP contribution in [0.5, 0.6) is 0 Å². The first-order chi connectivity index (χ1) is 11.5. The number of esters is 1. The minimum absolute atomic E-state index is 0.102. The van der Waals surface area contributed by atoms with Crippen LogP contribution in [0.1, 0.15) is 30.2 Å². The number of hydrogen-bond acceptors (Lipinski definition) is 5. The normalized spacial score (nSPS) is 11.8. The van der Waals surface area contributed by atoms with Crippen molar-refractivity contribution in [3.05, 3.63) is 45.2 Å². The first kappa shape index (κ1) is 18.4. The summed E-state index contributed by atoms with van der Waals surface area (Å²) in [7, 11) is 0. The molecule has 1 N–H and O–H groups in total. The van der Waals surface area contributed by atoms with E-state index in [2.05, 4.69) is 13.0 Å². The lowest BCUT2D eigenvalue weighted by Crippen LogP contribution is -2.20. The van der Waals surface area contributed by atoms with Crippen molar-refractivity contribution in [1.82, 2.24) is 4.57 Å². The molecule has 1 aromatic heterocycles. The molecule has 0 saturated heterocycles. The quantitative estimate of drug-likeness (QED) is 0.783. The fraction of sp³-hybridized carbons (Fsp3) is 0.444. The summed E-state index contributed by atoms with van der Waals surface area (Å²) in [5.41, 5.74) is 4.11. The molecule has 0 radical (unpaired) electrons. The third-order valence-electron chi connectivity index (χ3n) is 3.62. The van der Waals surface area contributed by atoms with E-state index in [9.17, 15) is 4.79 Å². The summed E-state index contributed by atoms with van der Waals surface area (Å²) in [6.07, 6.45) is 0.838. The van der Waals surface area contributed by atoms with Gasteiger partial charge in [-0.15, -0.1) is 11.3 Å². The van der Waals surface area contributed by atoms with Gasteiger partial charge in [-0.05, 0) is 38.8 Å². The van der Waals surface area contributed by atoms with Crippen LogP contribution in [0, 0.1) is 13.8 Å². The number of carbonyl (C=O) groups excluding carboxylic acids is 1. The zero-order valence-corrected chi connectivity index (χ0v) is 15.2. The number of carbonyl (C=O) groups is 1. The number of aromatic nitrogens is 1. The van der Waals surface area contributed by atoms with Crippen LogP contribution in [0.15, 0.2) is 28.6 Å². The van der Waals surface area contributed by atoms with Crippen LogP contribution in [0.25, 0.3) is 0 Å². The molecule has 0 spiro atoms. The summed E-state index contributed by atoms with van der Waals surface area (Å²) in [6, 6.07) is 6.15. The van der Waals surface area contributed by atoms with E-state index in [1.807, 2.05) is 29.0 Å². The van der Waals surface area contributed by atoms with Gasteiger partial charge in [0.25, 0.3) is 0 Å². The van der Waals surface area contributed by atoms with Crippen LogP contribution in [-0.4, -0.2) is 28.9 Å². The number of thiazole rings is 1. The van der Waals surface area contributed by atoms with Crippen molar-refractivity contribution in [1.29, 1.82) is 0 Å². The van der Waals surface area contributed by atoms with Crippen LogP contribution in [0.3, 0.4) is 0 Å². The van der Waals surface area contributed by atoms with Gasteiger partial charge in [-0.2, -0.15) is 0 Å². The zero-order valence-electron chi connectivity index (χ0n) is 14.4. The maximum Gasteiger partial charge on any atom is 0.311 e. The molecule has 6 heteroatoms. The van der Waals surface area contributed by atoms with Gasteiger partial charge in [0.15, 0.2) is 4.80 Å². The molecule has 0 fully saturated rings. The largest absolute Gasteiger partial charge is 0.466 e. The number of aliphatic hydroxyl groups excluding tert-OH is 1. The summed E-state index contributed by atoms with van der Waals surface area (Å²) < 4.78 is 7.03. The van der Waals surface area contributed by atoms with E-state index in [1.54, 1.807) is 6.92 Å². The molecule has 5 nitrogen and oxygen atoms in total. The van der Waals surface area contributed by atoms with E-state index in [0.717, 1.165) is 21.7 Å². The zero-order chi connectivity index (χ0) is 17.5. The molecule has 24 heavy (non-hydrogen) atoms. The van der Waals surface area contributed by atoms with E-state index >= 15 is 0 Å². The molecule has 1 aromatic carbocycles. The predicted molar refractivity (Wildman–Crippen MR) is 95.5 cm³/mol. The molecular weight excluding hydrogens is 324 g/mol. The van der Waals surface area contributed by atoms with Crippen molar-refractivity contribution in [3.63, 3.8) is 0 Å². The number of ether oxygens (including phenoxy) is 1. The molecule has 0 amide bonds. The molecule has 2 rings (SSSR count). The van der Waals surface area contributed by atoms with E-state index in [1.165, 1.54) is 16.9 Å². The SMILES string of the molecule is CCOC(=O)Cc1csc(=Nc2ccc(C)cc2C)n1CCCO. The Morgan fingerprint density at radius 3 is 2.83 bits per heavy atom. The lowest BCUT2D eigenvalue weighted by atomic mass is 10.1. The Kier molecular flexibility index (Phi) is 6.75. The fourth-order valence-corrected chi connectivity index (χ4v) is 3.40. The smallest absolute Gasteiger partial charge is 0.311 e. The second-order valence-electron chi connectivity index (χ2n) is 5.62. The van der Waals surface area contributed by atoms with Gasteiger partial charge >= 0.3 is 5.97 Å². The maximum absolute atomic E-state index is 11.8. The van der Waals surface area contributed by atoms with E-state index in [0.29, 0.717) is 19.6 Å². The number of aryl methyl sites for hydroxylation is 2. The summed E-state index contributed by atoms with van der Waals surface area (Å²) in [5.74, 6) is -0.244. The first-order valence-electron chi connectivity index (χ1n) is 8.10. The lowest BCUT2D eigenvalue weighted by Gasteiger charge is -2.08. The Morgan fingerprint density at radius 1 is 1.38 bits per heavy atom. The number of hydrogen-bond donors (Lipinski definition) is 1. The first-order valence-corrected chi connectivity index (χ1v) is 8.98. The molecule has 130 valence electrons. The van der Waals surface area contributed by atoms with E-state index in [4.69, 9.17) is 14.8 Å². The van der Waals surface area contributed by atoms with Crippen LogP contribution < -0.4 is 4.80 Å². The van der Waals surface area contributed by atoms with Crippen molar-refractivity contribution >= 4 is 23.0 Å². The van der Waals surface area contributed by atoms with Crippen LogP contribution in [-0.2, 0) is 22.5 Å². The molecule has 1 heterocycles. The monoisotopic (exact) mass is 348 g/mol. The van der Waals surface area contributed by atoms with Gasteiger partial charge in [-0.3, -0.25) is 4.79 Å². The summed E-state index contributed by atoms with van der Waals surface area (Å²) in [6.45, 7) is 6.99. The van der Waals surface area contributed by atoms with Crippen molar-refractivity contribution in [2.75, 3.05) is 13.2 Å². The van der Waals surface area contributed by atoms with Gasteiger partial charge in [-0.1, -0.05) is 17.7 Å². The Balaban J connectivity index is 2.39. The Bertz CT molecular complexity index is 762. The second kappa shape index (κ2) is 8.80. The number of benzene rings is 1. The minimum Gasteiger partial charge on any atom is -0.466 e. The van der Waals surface area contributed by atoms with Crippen molar-refractivity contribution in [2.24, 2.45) is 4.99 Å². The predicted octanol–water partition coefficient (Wildman–Crippen LogP) is 2.89. The lowest BCUT2D eigenvalue weighted by molar-refractivity contribution is -0.142. The molecule has 0 aliphatic rings. The average molecular weight is 348 g/mol. The summed E-state index contributed by atoms with van der Waals surface area (Å²) in [5, 5.41) is 11.1. The number of rotatable bonds is 7. The minimum atomic E-state index is -0.244. The molecule has 2 aromatic rings. The molecule has 0 aliphatic heterocycles. The van der Waals surface area contributed by atoms with Gasteiger partial charge in [0.2, 0.25) is 0 Å². The Labute approximate surface area is 146 Å². The van der Waals surface area contributed by atoms with Crippen molar-refractivity contribution in [2.45, 2.75) is 40.2 Å². The molecule has 0 saturated carbocycles. The van der Waals surface area contributed by atoms with Gasteiger partial charge in [0.05, 0.1) is 18.7 Å². The van der Waals surface area contributed by atoms with Crippen LogP contribution in [0.4, 0.5) is 5.69 Å². The van der Waals surface area contributed by atoms with E-state index in [-0.39, 0.29) is 19.0 Å². The van der Waals surface area contributed by atoms with Gasteiger partial charge in [-0.25, -0.2) is 4.99 Å². The highest BCUT2D eigenvalue weighted by Crippen LogP contribution is 2.19. The third kappa shape index (κ3) is 4.79. The molecule has 0 unspecified atom stereocenters. The third-order valence-corrected chi connectivity index (χ3v) is 4.53. The molecule has 0 bridgehead atoms. The van der Waals surface area contributed by atoms with Crippen molar-refractivity contribution in [3.8, 4) is 0 Å². The fourth-order valence-electron chi connectivity index (χ4n) is 2.46. The second-order valence-corrected chi connectivity index (χ2v) is 6.46. The maximum atomic E-state index is 11.8. The van der Waals surface area contributed by atoms with Gasteiger partial charge in [0, 0.05) is 24.2 Å². The van der Waals surface area contributed by atoms with Crippen LogP contribution >= 0.6 is 11.3 Å². The van der Waals surface area contributed by atoms with Gasteiger partial charge < -0.3 is 14.4 Å². The highest BCUT2D eigenvalue weighted by atomic mass is 32.1. The Morgan fingerprint density at radius 2 is 2.17 bits per heavy atom. The molecule has 0 atom stereocenters. The highest BCUT2D eigenvalue weighted by molar-refractivity contribution is 7.07. The average Bonchev–Trinajstić information content (AvgIpc) is 2.90. The summed E-state index contributed by atoms with van der Waals surface area (Å²) >= 11 is 1.50. The standard InChI is InChI=1S/C18H24N2O3S/c1-4-23-17(22)11-15-12-24-18(20(15)8-5-9-21)19-16-7-6-13(2)10-14(16)3/h6-7,10,12,21H,4-5,8-9,11H2,1-3H3. The number of aliphatic hydroxyl groups is 1. The molecule has 0 aliphatic carbocycles. The van der Waals surface area contributed by atoms with Crippen molar-refractivity contribution < 1.29 is 14.6 Å². The van der Waals surface area contributed by atoms with Crippen LogP contribution in [0.2, 0.25) is 0 Å². The number of nitrogens with zero attached hydrogens (tertiary/aromatic N) is 2. The molecular formula is C18H24N2O3S. The highest BCUT2D eigenvalue weighted by Gasteiger charge is 2.11. The van der Waals surface area contributed by atoms with E-state index < -0.39 is 0 Å². The van der Waals surface area contributed by atoms with Gasteiger partial charge in [0.1, 0.15) is 0 Å².